The highest BCUT2D eigenvalue weighted by Gasteiger charge is 2.48. The van der Waals surface area contributed by atoms with Crippen LogP contribution < -0.4 is 19.1 Å². The highest BCUT2D eigenvalue weighted by molar-refractivity contribution is 7.22. The van der Waals surface area contributed by atoms with Crippen molar-refractivity contribution in [1.82, 2.24) is 4.98 Å². The summed E-state index contributed by atoms with van der Waals surface area (Å²) in [7, 11) is 0. The first kappa shape index (κ1) is 29.1. The number of anilines is 1. The number of hydrogen-bond donors (Lipinski definition) is 1. The Kier molecular flexibility index (Phi) is 8.72. The molecule has 0 bridgehead atoms. The molecular formula is C32H31FN2O6S. The van der Waals surface area contributed by atoms with Gasteiger partial charge in [0.25, 0.3) is 5.78 Å². The number of ketones is 1. The molecule has 3 aromatic carbocycles. The Hall–Kier alpha value is -4.44. The molecule has 1 atom stereocenters. The number of aromatic nitrogens is 1. The maximum absolute atomic E-state index is 13.7. The van der Waals surface area contributed by atoms with E-state index < -0.39 is 29.3 Å². The molecule has 0 aliphatic carbocycles. The SMILES string of the molecule is CCCCOc1ccc(C2C(=C(O)c3ccc(F)cc3)C(=O)C(=O)N2c2nc3ccc(OCC)cc3s2)cc1OCC. The summed E-state index contributed by atoms with van der Waals surface area (Å²) in [5.74, 6) is -0.982. The average Bonchev–Trinajstić information content (AvgIpc) is 3.51. The van der Waals surface area contributed by atoms with Gasteiger partial charge in [-0.05, 0) is 80.4 Å². The Morgan fingerprint density at radius 1 is 0.952 bits per heavy atom. The molecule has 4 aromatic rings. The fourth-order valence-corrected chi connectivity index (χ4v) is 5.79. The summed E-state index contributed by atoms with van der Waals surface area (Å²) >= 11 is 1.23. The van der Waals surface area contributed by atoms with Crippen LogP contribution in [0.15, 0.2) is 66.2 Å². The standard InChI is InChI=1S/C32H31FN2O6S/c1-4-7-16-41-24-15-10-20(17-25(24)40-6-3)28-27(29(36)19-8-11-21(33)12-9-19)30(37)31(38)35(28)32-34-23-14-13-22(39-5-2)18-26(23)42-32/h8-15,17-18,28,36H,4-7,16H2,1-3H3. The zero-order valence-corrected chi connectivity index (χ0v) is 24.4. The summed E-state index contributed by atoms with van der Waals surface area (Å²) in [6.07, 6.45) is 1.84. The van der Waals surface area contributed by atoms with E-state index >= 15 is 0 Å². The third kappa shape index (κ3) is 5.67. The lowest BCUT2D eigenvalue weighted by Crippen LogP contribution is -2.29. The molecule has 1 N–H and O–H groups in total. The summed E-state index contributed by atoms with van der Waals surface area (Å²) in [5.41, 5.74) is 1.21. The van der Waals surface area contributed by atoms with Crippen LogP contribution in [0.4, 0.5) is 9.52 Å². The predicted octanol–water partition coefficient (Wildman–Crippen LogP) is 7.04. The summed E-state index contributed by atoms with van der Waals surface area (Å²) in [4.78, 5) is 33.2. The molecule has 1 aliphatic rings. The first-order valence-corrected chi connectivity index (χ1v) is 14.7. The normalized spacial score (nSPS) is 16.3. The van der Waals surface area contributed by atoms with Crippen molar-refractivity contribution in [2.45, 2.75) is 39.7 Å². The van der Waals surface area contributed by atoms with Gasteiger partial charge in [-0.3, -0.25) is 14.5 Å². The quantitative estimate of drug-likeness (QED) is 0.0866. The van der Waals surface area contributed by atoms with E-state index in [4.69, 9.17) is 14.2 Å². The molecule has 1 saturated heterocycles. The molecule has 5 rings (SSSR count). The van der Waals surface area contributed by atoms with Crippen molar-refractivity contribution < 1.29 is 33.3 Å². The average molecular weight is 591 g/mol. The Labute approximate surface area is 247 Å². The molecule has 1 unspecified atom stereocenters. The topological polar surface area (TPSA) is 98.2 Å². The van der Waals surface area contributed by atoms with Gasteiger partial charge in [-0.25, -0.2) is 9.37 Å². The molecule has 0 saturated carbocycles. The van der Waals surface area contributed by atoms with Gasteiger partial charge < -0.3 is 19.3 Å². The van der Waals surface area contributed by atoms with Crippen molar-refractivity contribution in [3.05, 3.63) is 83.2 Å². The van der Waals surface area contributed by atoms with Crippen molar-refractivity contribution in [3.63, 3.8) is 0 Å². The number of halogens is 1. The molecule has 1 aliphatic heterocycles. The van der Waals surface area contributed by atoms with Gasteiger partial charge in [0, 0.05) is 5.56 Å². The minimum absolute atomic E-state index is 0.136. The van der Waals surface area contributed by atoms with E-state index in [1.54, 1.807) is 30.3 Å². The number of Topliss-reactive ketones (excluding diaryl/α,β-unsaturated/α-hetero) is 1. The van der Waals surface area contributed by atoms with Crippen molar-refractivity contribution in [2.24, 2.45) is 0 Å². The van der Waals surface area contributed by atoms with Crippen molar-refractivity contribution in [2.75, 3.05) is 24.7 Å². The number of thiazole rings is 1. The van der Waals surface area contributed by atoms with E-state index in [-0.39, 0.29) is 16.3 Å². The van der Waals surface area contributed by atoms with E-state index in [1.807, 2.05) is 19.9 Å². The molecule has 1 fully saturated rings. The number of carbonyl (C=O) groups is 2. The Bertz CT molecular complexity index is 1650. The molecule has 2 heterocycles. The molecule has 1 amide bonds. The minimum Gasteiger partial charge on any atom is -0.507 e. The van der Waals surface area contributed by atoms with Crippen LogP contribution in [0.3, 0.4) is 0 Å². The van der Waals surface area contributed by atoms with Gasteiger partial charge in [-0.1, -0.05) is 30.7 Å². The van der Waals surface area contributed by atoms with Crippen LogP contribution in [-0.4, -0.2) is 41.6 Å². The van der Waals surface area contributed by atoms with Gasteiger partial charge in [0.15, 0.2) is 16.6 Å². The zero-order valence-electron chi connectivity index (χ0n) is 23.6. The molecule has 8 nitrogen and oxygen atoms in total. The van der Waals surface area contributed by atoms with Gasteiger partial charge in [0.05, 0.1) is 41.7 Å². The second-order valence-corrected chi connectivity index (χ2v) is 10.6. The van der Waals surface area contributed by atoms with Gasteiger partial charge in [0.2, 0.25) is 0 Å². The number of aliphatic hydroxyl groups excluding tert-OH is 1. The summed E-state index contributed by atoms with van der Waals surface area (Å²) in [5, 5.41) is 11.7. The zero-order chi connectivity index (χ0) is 29.8. The van der Waals surface area contributed by atoms with Crippen molar-refractivity contribution in [3.8, 4) is 17.2 Å². The monoisotopic (exact) mass is 590 g/mol. The van der Waals surface area contributed by atoms with E-state index in [2.05, 4.69) is 11.9 Å². The number of nitrogens with zero attached hydrogens (tertiary/aromatic N) is 2. The van der Waals surface area contributed by atoms with Crippen LogP contribution in [-0.2, 0) is 9.59 Å². The first-order chi connectivity index (χ1) is 20.4. The second kappa shape index (κ2) is 12.6. The number of amides is 1. The Morgan fingerprint density at radius 2 is 1.71 bits per heavy atom. The van der Waals surface area contributed by atoms with Gasteiger partial charge in [0.1, 0.15) is 17.3 Å². The highest BCUT2D eigenvalue weighted by atomic mass is 32.1. The van der Waals surface area contributed by atoms with Crippen LogP contribution in [0.1, 0.15) is 50.8 Å². The number of aliphatic hydroxyl groups is 1. The number of fused-ring (bicyclic) bond motifs is 1. The first-order valence-electron chi connectivity index (χ1n) is 13.9. The van der Waals surface area contributed by atoms with Crippen LogP contribution >= 0.6 is 11.3 Å². The number of ether oxygens (including phenoxy) is 3. The number of unbranched alkanes of at least 4 members (excludes halogenated alkanes) is 1. The summed E-state index contributed by atoms with van der Waals surface area (Å²) in [6, 6.07) is 14.7. The Morgan fingerprint density at radius 3 is 2.43 bits per heavy atom. The molecule has 42 heavy (non-hydrogen) atoms. The van der Waals surface area contributed by atoms with E-state index in [9.17, 15) is 19.1 Å². The van der Waals surface area contributed by atoms with E-state index in [0.29, 0.717) is 48.1 Å². The van der Waals surface area contributed by atoms with E-state index in [0.717, 1.165) is 17.5 Å². The molecule has 218 valence electrons. The summed E-state index contributed by atoms with van der Waals surface area (Å²) in [6.45, 7) is 7.17. The lowest BCUT2D eigenvalue weighted by atomic mass is 9.95. The lowest BCUT2D eigenvalue weighted by Gasteiger charge is -2.24. The summed E-state index contributed by atoms with van der Waals surface area (Å²) < 4.78 is 31.9. The highest BCUT2D eigenvalue weighted by Crippen LogP contribution is 2.46. The van der Waals surface area contributed by atoms with Crippen molar-refractivity contribution >= 4 is 44.1 Å². The number of hydrogen-bond acceptors (Lipinski definition) is 8. The van der Waals surface area contributed by atoms with Gasteiger partial charge >= 0.3 is 5.91 Å². The lowest BCUT2D eigenvalue weighted by molar-refractivity contribution is -0.132. The maximum atomic E-state index is 13.7. The van der Waals surface area contributed by atoms with Crippen LogP contribution in [0.25, 0.3) is 16.0 Å². The fraction of sp³-hybridized carbons (Fsp3) is 0.281. The molecule has 0 radical (unpaired) electrons. The number of rotatable bonds is 11. The Balaban J connectivity index is 1.67. The van der Waals surface area contributed by atoms with Gasteiger partial charge in [-0.2, -0.15) is 0 Å². The van der Waals surface area contributed by atoms with Crippen LogP contribution in [0.5, 0.6) is 17.2 Å². The minimum atomic E-state index is -1.04. The largest absolute Gasteiger partial charge is 0.507 e. The number of carbonyl (C=O) groups excluding carboxylic acids is 2. The van der Waals surface area contributed by atoms with Crippen molar-refractivity contribution in [1.29, 1.82) is 0 Å². The van der Waals surface area contributed by atoms with Crippen LogP contribution in [0, 0.1) is 5.82 Å². The fourth-order valence-electron chi connectivity index (χ4n) is 4.77. The maximum Gasteiger partial charge on any atom is 0.301 e. The van der Waals surface area contributed by atoms with E-state index in [1.165, 1.54) is 40.5 Å². The molecule has 0 spiro atoms. The third-order valence-corrected chi connectivity index (χ3v) is 7.78. The number of benzene rings is 3. The third-order valence-electron chi connectivity index (χ3n) is 6.77. The predicted molar refractivity (Wildman–Crippen MR) is 160 cm³/mol. The molecular weight excluding hydrogens is 559 g/mol. The smallest absolute Gasteiger partial charge is 0.301 e. The second-order valence-electron chi connectivity index (χ2n) is 9.58. The molecule has 1 aromatic heterocycles. The molecule has 10 heteroatoms. The van der Waals surface area contributed by atoms with Gasteiger partial charge in [-0.15, -0.1) is 0 Å². The van der Waals surface area contributed by atoms with Crippen LogP contribution in [0.2, 0.25) is 0 Å².